The summed E-state index contributed by atoms with van der Waals surface area (Å²) in [5, 5.41) is 10.7. The Morgan fingerprint density at radius 2 is 1.85 bits per heavy atom. The zero-order chi connectivity index (χ0) is 9.26. The van der Waals surface area contributed by atoms with Crippen LogP contribution in [0.1, 0.15) is 11.4 Å². The first-order valence-electron chi connectivity index (χ1n) is 3.81. The smallest absolute Gasteiger partial charge is 0.216 e. The fraction of sp³-hybridized carbons (Fsp3) is 0.286. The van der Waals surface area contributed by atoms with Crippen LogP contribution in [-0.2, 0) is 0 Å². The molecule has 0 unspecified atom stereocenters. The highest BCUT2D eigenvalue weighted by Gasteiger charge is 2.02. The molecule has 2 aromatic heterocycles. The highest BCUT2D eigenvalue weighted by Crippen LogP contribution is 2.01. The fourth-order valence-corrected chi connectivity index (χ4v) is 1.06. The number of aryl methyl sites for hydroxylation is 2. The third kappa shape index (κ3) is 1.51. The van der Waals surface area contributed by atoms with Crippen LogP contribution in [0.25, 0.3) is 5.95 Å². The van der Waals surface area contributed by atoms with E-state index in [4.69, 9.17) is 0 Å². The summed E-state index contributed by atoms with van der Waals surface area (Å²) in [6.45, 7) is 3.81. The van der Waals surface area contributed by atoms with Gasteiger partial charge in [0.1, 0.15) is 6.33 Å². The molecule has 0 bridgehead atoms. The first-order chi connectivity index (χ1) is 6.25. The van der Waals surface area contributed by atoms with E-state index in [1.165, 1.54) is 11.0 Å². The monoisotopic (exact) mass is 176 g/mol. The first-order valence-corrected chi connectivity index (χ1v) is 3.81. The van der Waals surface area contributed by atoms with Crippen molar-refractivity contribution in [2.24, 2.45) is 0 Å². The Labute approximate surface area is 74.6 Å². The van der Waals surface area contributed by atoms with Crippen molar-refractivity contribution < 1.29 is 0 Å². The third-order valence-corrected chi connectivity index (χ3v) is 1.52. The summed E-state index contributed by atoms with van der Waals surface area (Å²) >= 11 is 0. The van der Waals surface area contributed by atoms with Crippen LogP contribution in [-0.4, -0.2) is 30.2 Å². The van der Waals surface area contributed by atoms with E-state index in [0.29, 0.717) is 5.95 Å². The van der Waals surface area contributed by atoms with Crippen molar-refractivity contribution in [3.05, 3.63) is 23.8 Å². The van der Waals surface area contributed by atoms with E-state index in [-0.39, 0.29) is 0 Å². The van der Waals surface area contributed by atoms with Crippen molar-refractivity contribution in [1.29, 1.82) is 0 Å². The quantitative estimate of drug-likeness (QED) is 0.615. The Balaban J connectivity index is 2.53. The fourth-order valence-electron chi connectivity index (χ4n) is 1.06. The van der Waals surface area contributed by atoms with Crippen molar-refractivity contribution in [1.82, 2.24) is 30.2 Å². The van der Waals surface area contributed by atoms with Gasteiger partial charge >= 0.3 is 0 Å². The zero-order valence-electron chi connectivity index (χ0n) is 7.34. The Kier molecular flexibility index (Phi) is 1.73. The summed E-state index contributed by atoms with van der Waals surface area (Å²) in [5.41, 5.74) is 1.80. The summed E-state index contributed by atoms with van der Waals surface area (Å²) < 4.78 is 1.43. The molecular weight excluding hydrogens is 168 g/mol. The summed E-state index contributed by atoms with van der Waals surface area (Å²) in [4.78, 5) is 8.37. The maximum Gasteiger partial charge on any atom is 0.253 e. The van der Waals surface area contributed by atoms with Crippen LogP contribution < -0.4 is 0 Å². The van der Waals surface area contributed by atoms with E-state index in [1.54, 1.807) is 0 Å². The molecule has 0 saturated heterocycles. The SMILES string of the molecule is Cc1cc(C)nc(-n2cnnn2)n1. The van der Waals surface area contributed by atoms with Crippen molar-refractivity contribution in [3.8, 4) is 5.95 Å². The maximum atomic E-state index is 4.19. The van der Waals surface area contributed by atoms with Crippen LogP contribution in [0.5, 0.6) is 0 Å². The van der Waals surface area contributed by atoms with Gasteiger partial charge in [0.25, 0.3) is 5.95 Å². The Bertz CT molecular complexity index is 387. The van der Waals surface area contributed by atoms with E-state index < -0.39 is 0 Å². The molecule has 6 heteroatoms. The number of aromatic nitrogens is 6. The number of hydrogen-bond acceptors (Lipinski definition) is 5. The highest BCUT2D eigenvalue weighted by molar-refractivity contribution is 5.15. The number of hydrogen-bond donors (Lipinski definition) is 0. The average Bonchev–Trinajstić information content (AvgIpc) is 2.53. The van der Waals surface area contributed by atoms with Crippen LogP contribution in [0.15, 0.2) is 12.4 Å². The number of tetrazole rings is 1. The van der Waals surface area contributed by atoms with Crippen LogP contribution in [0.2, 0.25) is 0 Å². The van der Waals surface area contributed by atoms with E-state index >= 15 is 0 Å². The molecule has 13 heavy (non-hydrogen) atoms. The topological polar surface area (TPSA) is 69.4 Å². The lowest BCUT2D eigenvalue weighted by Crippen LogP contribution is -2.04. The van der Waals surface area contributed by atoms with Gasteiger partial charge in [0, 0.05) is 11.4 Å². The summed E-state index contributed by atoms with van der Waals surface area (Å²) in [6.07, 6.45) is 1.47. The summed E-state index contributed by atoms with van der Waals surface area (Å²) in [6, 6.07) is 1.90. The van der Waals surface area contributed by atoms with Crippen molar-refractivity contribution >= 4 is 0 Å². The molecule has 2 heterocycles. The molecule has 0 aliphatic rings. The lowest BCUT2D eigenvalue weighted by molar-refractivity contribution is 0.740. The molecule has 0 radical (unpaired) electrons. The van der Waals surface area contributed by atoms with Crippen molar-refractivity contribution in [2.75, 3.05) is 0 Å². The van der Waals surface area contributed by atoms with Gasteiger partial charge in [-0.15, -0.1) is 5.10 Å². The van der Waals surface area contributed by atoms with Gasteiger partial charge in [0.15, 0.2) is 0 Å². The van der Waals surface area contributed by atoms with Gasteiger partial charge in [0.05, 0.1) is 0 Å². The highest BCUT2D eigenvalue weighted by atomic mass is 15.5. The average molecular weight is 176 g/mol. The predicted octanol–water partition coefficient (Wildman–Crippen LogP) is 0.0691. The van der Waals surface area contributed by atoms with Crippen molar-refractivity contribution in [3.63, 3.8) is 0 Å². The molecule has 0 aromatic carbocycles. The van der Waals surface area contributed by atoms with Gasteiger partial charge in [0.2, 0.25) is 0 Å². The van der Waals surface area contributed by atoms with Crippen molar-refractivity contribution in [2.45, 2.75) is 13.8 Å². The van der Waals surface area contributed by atoms with Gasteiger partial charge in [-0.3, -0.25) is 0 Å². The Morgan fingerprint density at radius 3 is 2.38 bits per heavy atom. The lowest BCUT2D eigenvalue weighted by Gasteiger charge is -1.99. The second-order valence-electron chi connectivity index (χ2n) is 2.71. The van der Waals surface area contributed by atoms with Gasteiger partial charge < -0.3 is 0 Å². The van der Waals surface area contributed by atoms with Crippen LogP contribution in [0.3, 0.4) is 0 Å². The molecule has 66 valence electrons. The van der Waals surface area contributed by atoms with Crippen LogP contribution in [0, 0.1) is 13.8 Å². The normalized spacial score (nSPS) is 10.3. The van der Waals surface area contributed by atoms with Gasteiger partial charge in [-0.2, -0.15) is 4.68 Å². The Hall–Kier alpha value is -1.85. The second-order valence-corrected chi connectivity index (χ2v) is 2.71. The first kappa shape index (κ1) is 7.78. The zero-order valence-corrected chi connectivity index (χ0v) is 7.34. The van der Waals surface area contributed by atoms with Crippen LogP contribution >= 0.6 is 0 Å². The third-order valence-electron chi connectivity index (χ3n) is 1.52. The van der Waals surface area contributed by atoms with E-state index in [9.17, 15) is 0 Å². The van der Waals surface area contributed by atoms with Gasteiger partial charge in [-0.25, -0.2) is 9.97 Å². The molecule has 0 saturated carbocycles. The van der Waals surface area contributed by atoms with E-state index in [2.05, 4.69) is 25.5 Å². The minimum absolute atomic E-state index is 0.502. The van der Waals surface area contributed by atoms with Gasteiger partial charge in [-0.1, -0.05) is 0 Å². The minimum Gasteiger partial charge on any atom is -0.216 e. The molecule has 0 fully saturated rings. The number of nitrogens with zero attached hydrogens (tertiary/aromatic N) is 6. The molecule has 0 aliphatic carbocycles. The maximum absolute atomic E-state index is 4.19. The molecule has 2 rings (SSSR count). The minimum atomic E-state index is 0.502. The van der Waals surface area contributed by atoms with Crippen LogP contribution in [0.4, 0.5) is 0 Å². The summed E-state index contributed by atoms with van der Waals surface area (Å²) in [5.74, 6) is 0.502. The molecule has 0 aliphatic heterocycles. The number of rotatable bonds is 1. The predicted molar refractivity (Wildman–Crippen MR) is 44.2 cm³/mol. The molecule has 0 spiro atoms. The van der Waals surface area contributed by atoms with E-state index in [0.717, 1.165) is 11.4 Å². The second kappa shape index (κ2) is 2.89. The molecule has 6 nitrogen and oxygen atoms in total. The molecule has 2 aromatic rings. The Morgan fingerprint density at radius 1 is 1.15 bits per heavy atom. The lowest BCUT2D eigenvalue weighted by atomic mass is 10.4. The molecule has 0 amide bonds. The standard InChI is InChI=1S/C7H8N6/c1-5-3-6(2)10-7(9-5)13-4-8-11-12-13/h3-4H,1-2H3. The largest absolute Gasteiger partial charge is 0.253 e. The molecule has 0 N–H and O–H groups in total. The van der Waals surface area contributed by atoms with Gasteiger partial charge in [-0.05, 0) is 30.3 Å². The summed E-state index contributed by atoms with van der Waals surface area (Å²) in [7, 11) is 0. The van der Waals surface area contributed by atoms with E-state index in [1.807, 2.05) is 19.9 Å². The molecule has 0 atom stereocenters. The molecular formula is C7H8N6.